The molecule has 0 aliphatic heterocycles. The van der Waals surface area contributed by atoms with Gasteiger partial charge in [-0.25, -0.2) is 0 Å². The predicted octanol–water partition coefficient (Wildman–Crippen LogP) is 6.93. The third kappa shape index (κ3) is 4.73. The van der Waals surface area contributed by atoms with Gasteiger partial charge >= 0.3 is 0 Å². The van der Waals surface area contributed by atoms with Gasteiger partial charge in [-0.3, -0.25) is 0 Å². The Bertz CT molecular complexity index is 541. The van der Waals surface area contributed by atoms with E-state index in [1.54, 1.807) is 0 Å². The summed E-state index contributed by atoms with van der Waals surface area (Å²) in [5.41, 5.74) is 5.10. The van der Waals surface area contributed by atoms with Gasteiger partial charge in [0.05, 0.1) is 0 Å². The van der Waals surface area contributed by atoms with E-state index in [0.29, 0.717) is 5.92 Å². The second kappa shape index (κ2) is 9.78. The maximum atomic E-state index is 3.86. The molecule has 0 aromatic heterocycles. The van der Waals surface area contributed by atoms with Gasteiger partial charge in [-0.05, 0) is 28.7 Å². The SMILES string of the molecule is C=Cc1cccc(C(CCC)c2cccc(C=C)c2)c1.CC. The Morgan fingerprint density at radius 1 is 0.864 bits per heavy atom. The lowest BCUT2D eigenvalue weighted by atomic mass is 9.86. The van der Waals surface area contributed by atoms with E-state index < -0.39 is 0 Å². The first-order chi connectivity index (χ1) is 10.8. The molecule has 0 heterocycles. The zero-order chi connectivity index (χ0) is 16.4. The fraction of sp³-hybridized carbons (Fsp3) is 0.273. The van der Waals surface area contributed by atoms with Crippen molar-refractivity contribution in [1.29, 1.82) is 0 Å². The molecule has 0 aliphatic rings. The minimum absolute atomic E-state index is 0.444. The van der Waals surface area contributed by atoms with Crippen molar-refractivity contribution in [1.82, 2.24) is 0 Å². The van der Waals surface area contributed by atoms with E-state index in [9.17, 15) is 0 Å². The van der Waals surface area contributed by atoms with E-state index >= 15 is 0 Å². The minimum Gasteiger partial charge on any atom is -0.0985 e. The van der Waals surface area contributed by atoms with E-state index in [-0.39, 0.29) is 0 Å². The van der Waals surface area contributed by atoms with Crippen LogP contribution in [0.15, 0.2) is 61.7 Å². The molecule has 0 aliphatic carbocycles. The maximum Gasteiger partial charge on any atom is 0.00896 e. The van der Waals surface area contributed by atoms with Gasteiger partial charge in [-0.15, -0.1) is 0 Å². The molecule has 22 heavy (non-hydrogen) atoms. The summed E-state index contributed by atoms with van der Waals surface area (Å²) in [6, 6.07) is 17.3. The molecule has 0 heteroatoms. The lowest BCUT2D eigenvalue weighted by Crippen LogP contribution is -2.01. The molecule has 0 unspecified atom stereocenters. The van der Waals surface area contributed by atoms with Crippen LogP contribution in [0.2, 0.25) is 0 Å². The zero-order valence-electron chi connectivity index (χ0n) is 14.2. The van der Waals surface area contributed by atoms with Crippen LogP contribution in [0.1, 0.15) is 61.8 Å². The Labute approximate surface area is 136 Å². The molecule has 2 aromatic carbocycles. The Kier molecular flexibility index (Phi) is 7.99. The van der Waals surface area contributed by atoms with Gasteiger partial charge in [0, 0.05) is 5.92 Å². The Balaban J connectivity index is 0.00000116. The Morgan fingerprint density at radius 3 is 1.68 bits per heavy atom. The quantitative estimate of drug-likeness (QED) is 0.541. The molecular weight excluding hydrogens is 264 g/mol. The van der Waals surface area contributed by atoms with Crippen molar-refractivity contribution < 1.29 is 0 Å². The molecule has 0 radical (unpaired) electrons. The molecule has 0 fully saturated rings. The molecule has 116 valence electrons. The number of benzene rings is 2. The van der Waals surface area contributed by atoms with E-state index in [1.807, 2.05) is 26.0 Å². The van der Waals surface area contributed by atoms with Crippen molar-refractivity contribution in [3.05, 3.63) is 83.9 Å². The third-order valence-electron chi connectivity index (χ3n) is 3.67. The maximum absolute atomic E-state index is 3.86. The largest absolute Gasteiger partial charge is 0.0985 e. The van der Waals surface area contributed by atoms with Gasteiger partial charge in [-0.1, -0.05) is 101 Å². The van der Waals surface area contributed by atoms with Gasteiger partial charge in [0.2, 0.25) is 0 Å². The Morgan fingerprint density at radius 2 is 1.32 bits per heavy atom. The van der Waals surface area contributed by atoms with Crippen molar-refractivity contribution in [3.63, 3.8) is 0 Å². The summed E-state index contributed by atoms with van der Waals surface area (Å²) in [6.07, 6.45) is 6.14. The van der Waals surface area contributed by atoms with Crippen LogP contribution < -0.4 is 0 Å². The third-order valence-corrected chi connectivity index (χ3v) is 3.67. The van der Waals surface area contributed by atoms with Crippen LogP contribution in [-0.4, -0.2) is 0 Å². The lowest BCUT2D eigenvalue weighted by molar-refractivity contribution is 0.698. The van der Waals surface area contributed by atoms with Crippen molar-refractivity contribution in [3.8, 4) is 0 Å². The molecule has 0 nitrogen and oxygen atoms in total. The van der Waals surface area contributed by atoms with Gasteiger partial charge in [0.1, 0.15) is 0 Å². The standard InChI is InChI=1S/C20H22.C2H6/c1-4-9-20(18-12-7-10-16(5-2)14-18)19-13-8-11-17(6-3)15-19;1-2/h5-8,10-15,20H,2-4,9H2,1H3;1-2H3. The lowest BCUT2D eigenvalue weighted by Gasteiger charge is -2.18. The number of hydrogen-bond acceptors (Lipinski definition) is 0. The minimum atomic E-state index is 0.444. The topological polar surface area (TPSA) is 0 Å². The first kappa shape index (κ1) is 18.0. The molecule has 0 saturated carbocycles. The fourth-order valence-electron chi connectivity index (χ4n) is 2.62. The molecule has 0 spiro atoms. The van der Waals surface area contributed by atoms with Crippen LogP contribution in [-0.2, 0) is 0 Å². The summed E-state index contributed by atoms with van der Waals surface area (Å²) in [6.45, 7) is 14.0. The van der Waals surface area contributed by atoms with E-state index in [0.717, 1.165) is 6.42 Å². The van der Waals surface area contributed by atoms with Crippen molar-refractivity contribution in [2.75, 3.05) is 0 Å². The van der Waals surface area contributed by atoms with Crippen LogP contribution in [0, 0.1) is 0 Å². The van der Waals surface area contributed by atoms with Crippen molar-refractivity contribution in [2.45, 2.75) is 39.5 Å². The van der Waals surface area contributed by atoms with Crippen LogP contribution in [0.4, 0.5) is 0 Å². The van der Waals surface area contributed by atoms with Gasteiger partial charge in [-0.2, -0.15) is 0 Å². The summed E-state index contributed by atoms with van der Waals surface area (Å²) in [5.74, 6) is 0.444. The van der Waals surface area contributed by atoms with E-state index in [4.69, 9.17) is 0 Å². The molecular formula is C22H28. The van der Waals surface area contributed by atoms with Gasteiger partial charge < -0.3 is 0 Å². The molecule has 2 rings (SSSR count). The van der Waals surface area contributed by atoms with Crippen molar-refractivity contribution in [2.24, 2.45) is 0 Å². The summed E-state index contributed by atoms with van der Waals surface area (Å²) < 4.78 is 0. The Hall–Kier alpha value is -2.08. The molecule has 2 aromatic rings. The van der Waals surface area contributed by atoms with Crippen LogP contribution in [0.3, 0.4) is 0 Å². The molecule has 0 atom stereocenters. The highest BCUT2D eigenvalue weighted by molar-refractivity contribution is 5.52. The van der Waals surface area contributed by atoms with E-state index in [1.165, 1.54) is 28.7 Å². The predicted molar refractivity (Wildman–Crippen MR) is 101 cm³/mol. The first-order valence-corrected chi connectivity index (χ1v) is 8.23. The average molecular weight is 292 g/mol. The zero-order valence-corrected chi connectivity index (χ0v) is 14.2. The molecule has 0 N–H and O–H groups in total. The van der Waals surface area contributed by atoms with Crippen LogP contribution >= 0.6 is 0 Å². The summed E-state index contributed by atoms with van der Waals surface area (Å²) >= 11 is 0. The smallest absolute Gasteiger partial charge is 0.00896 e. The molecule has 0 bridgehead atoms. The highest BCUT2D eigenvalue weighted by atomic mass is 14.2. The average Bonchev–Trinajstić information content (AvgIpc) is 2.61. The summed E-state index contributed by atoms with van der Waals surface area (Å²) in [7, 11) is 0. The molecule has 0 amide bonds. The van der Waals surface area contributed by atoms with Crippen LogP contribution in [0.25, 0.3) is 12.2 Å². The van der Waals surface area contributed by atoms with Crippen LogP contribution in [0.5, 0.6) is 0 Å². The summed E-state index contributed by atoms with van der Waals surface area (Å²) in [4.78, 5) is 0. The van der Waals surface area contributed by atoms with Gasteiger partial charge in [0.25, 0.3) is 0 Å². The highest BCUT2D eigenvalue weighted by Crippen LogP contribution is 2.30. The highest BCUT2D eigenvalue weighted by Gasteiger charge is 2.13. The van der Waals surface area contributed by atoms with Gasteiger partial charge in [0.15, 0.2) is 0 Å². The normalized spacial score (nSPS) is 9.82. The number of rotatable bonds is 6. The second-order valence-electron chi connectivity index (χ2n) is 5.09. The van der Waals surface area contributed by atoms with E-state index in [2.05, 4.69) is 68.6 Å². The first-order valence-electron chi connectivity index (χ1n) is 8.23. The number of hydrogen-bond donors (Lipinski definition) is 0. The monoisotopic (exact) mass is 292 g/mol. The summed E-state index contributed by atoms with van der Waals surface area (Å²) in [5, 5.41) is 0. The molecule has 0 saturated heterocycles. The second-order valence-corrected chi connectivity index (χ2v) is 5.09. The van der Waals surface area contributed by atoms with Crippen molar-refractivity contribution >= 4 is 12.2 Å². The fourth-order valence-corrected chi connectivity index (χ4v) is 2.62.